The first-order valence-corrected chi connectivity index (χ1v) is 9.71. The van der Waals surface area contributed by atoms with Crippen LogP contribution in [-0.2, 0) is 6.42 Å². The van der Waals surface area contributed by atoms with Gasteiger partial charge in [0.15, 0.2) is 5.13 Å². The standard InChI is InChI=1S/C22H16N4O2S/c1-14-2-8-17(9-3-14)19-11-20(28-26-19)21(27)25-22-24-13-18(29-22)10-15-4-6-16(12-23)7-5-15/h2-9,11,13H,10H2,1H3,(H,24,25,27). The molecule has 0 aliphatic heterocycles. The molecule has 0 saturated carbocycles. The van der Waals surface area contributed by atoms with Crippen LogP contribution in [0.4, 0.5) is 5.13 Å². The van der Waals surface area contributed by atoms with Crippen LogP contribution in [0.2, 0.25) is 0 Å². The van der Waals surface area contributed by atoms with Gasteiger partial charge < -0.3 is 4.52 Å². The van der Waals surface area contributed by atoms with Gasteiger partial charge in [0.05, 0.1) is 11.6 Å². The summed E-state index contributed by atoms with van der Waals surface area (Å²) < 4.78 is 5.20. The average molecular weight is 400 g/mol. The summed E-state index contributed by atoms with van der Waals surface area (Å²) in [5.41, 5.74) is 4.34. The number of nitrogens with one attached hydrogen (secondary N) is 1. The van der Waals surface area contributed by atoms with Crippen LogP contribution in [0.25, 0.3) is 11.3 Å². The van der Waals surface area contributed by atoms with Crippen molar-refractivity contribution < 1.29 is 9.32 Å². The highest BCUT2D eigenvalue weighted by Crippen LogP contribution is 2.23. The quantitative estimate of drug-likeness (QED) is 0.518. The van der Waals surface area contributed by atoms with Gasteiger partial charge in [-0.25, -0.2) is 4.98 Å². The lowest BCUT2D eigenvalue weighted by molar-refractivity contribution is 0.0988. The van der Waals surface area contributed by atoms with Crippen molar-refractivity contribution in [2.75, 3.05) is 5.32 Å². The molecule has 2 heterocycles. The first-order chi connectivity index (χ1) is 14.1. The number of rotatable bonds is 5. The van der Waals surface area contributed by atoms with Crippen molar-refractivity contribution in [2.24, 2.45) is 0 Å². The molecule has 1 N–H and O–H groups in total. The van der Waals surface area contributed by atoms with Gasteiger partial charge >= 0.3 is 0 Å². The molecule has 0 fully saturated rings. The number of carbonyl (C=O) groups excluding carboxylic acids is 1. The number of nitriles is 1. The van der Waals surface area contributed by atoms with E-state index in [4.69, 9.17) is 9.78 Å². The topological polar surface area (TPSA) is 91.8 Å². The summed E-state index contributed by atoms with van der Waals surface area (Å²) in [6.45, 7) is 2.01. The molecule has 7 heteroatoms. The van der Waals surface area contributed by atoms with E-state index in [1.807, 2.05) is 43.3 Å². The fraction of sp³-hybridized carbons (Fsp3) is 0.0909. The minimum Gasteiger partial charge on any atom is -0.350 e. The smallest absolute Gasteiger partial charge is 0.296 e. The number of aryl methyl sites for hydroxylation is 1. The van der Waals surface area contributed by atoms with E-state index < -0.39 is 5.91 Å². The molecular formula is C22H16N4O2S. The van der Waals surface area contributed by atoms with Gasteiger partial charge in [0.1, 0.15) is 5.69 Å². The van der Waals surface area contributed by atoms with Gasteiger partial charge in [0, 0.05) is 29.1 Å². The highest BCUT2D eigenvalue weighted by atomic mass is 32.1. The second-order valence-electron chi connectivity index (χ2n) is 6.51. The fourth-order valence-corrected chi connectivity index (χ4v) is 3.59. The minimum absolute atomic E-state index is 0.129. The Labute approximate surface area is 171 Å². The summed E-state index contributed by atoms with van der Waals surface area (Å²) in [6, 6.07) is 19.0. The van der Waals surface area contributed by atoms with Gasteiger partial charge in [0.25, 0.3) is 5.91 Å². The first kappa shape index (κ1) is 18.6. The molecule has 142 valence electrons. The van der Waals surface area contributed by atoms with Crippen molar-refractivity contribution >= 4 is 22.4 Å². The normalized spacial score (nSPS) is 10.5. The molecule has 0 bridgehead atoms. The van der Waals surface area contributed by atoms with Gasteiger partial charge in [-0.3, -0.25) is 10.1 Å². The predicted octanol–water partition coefficient (Wildman–Crippen LogP) is 4.82. The number of hydrogen-bond acceptors (Lipinski definition) is 6. The van der Waals surface area contributed by atoms with E-state index >= 15 is 0 Å². The highest BCUT2D eigenvalue weighted by molar-refractivity contribution is 7.15. The fourth-order valence-electron chi connectivity index (χ4n) is 2.75. The van der Waals surface area contributed by atoms with Crippen LogP contribution in [0.15, 0.2) is 65.3 Å². The largest absolute Gasteiger partial charge is 0.350 e. The third-order valence-corrected chi connectivity index (χ3v) is 5.23. The summed E-state index contributed by atoms with van der Waals surface area (Å²) in [5, 5.41) is 16.1. The summed E-state index contributed by atoms with van der Waals surface area (Å²) in [7, 11) is 0. The van der Waals surface area contributed by atoms with Gasteiger partial charge in [-0.05, 0) is 24.6 Å². The zero-order valence-corrected chi connectivity index (χ0v) is 16.4. The zero-order chi connectivity index (χ0) is 20.2. The van der Waals surface area contributed by atoms with Crippen molar-refractivity contribution in [3.63, 3.8) is 0 Å². The number of amides is 1. The van der Waals surface area contributed by atoms with Gasteiger partial charge in [-0.15, -0.1) is 11.3 Å². The molecule has 0 spiro atoms. The third kappa shape index (κ3) is 4.39. The van der Waals surface area contributed by atoms with Crippen LogP contribution in [-0.4, -0.2) is 16.0 Å². The number of hydrogen-bond donors (Lipinski definition) is 1. The van der Waals surface area contributed by atoms with Crippen LogP contribution in [0.3, 0.4) is 0 Å². The monoisotopic (exact) mass is 400 g/mol. The Hall–Kier alpha value is -3.76. The van der Waals surface area contributed by atoms with Crippen LogP contribution in [0, 0.1) is 18.3 Å². The first-order valence-electron chi connectivity index (χ1n) is 8.89. The van der Waals surface area contributed by atoms with E-state index in [1.54, 1.807) is 24.4 Å². The van der Waals surface area contributed by atoms with Crippen molar-refractivity contribution in [3.8, 4) is 17.3 Å². The Morgan fingerprint density at radius 2 is 1.93 bits per heavy atom. The Balaban J connectivity index is 1.41. The Bertz CT molecular complexity index is 1180. The Morgan fingerprint density at radius 1 is 1.17 bits per heavy atom. The van der Waals surface area contributed by atoms with Crippen LogP contribution in [0.5, 0.6) is 0 Å². The summed E-state index contributed by atoms with van der Waals surface area (Å²) in [4.78, 5) is 17.7. The lowest BCUT2D eigenvalue weighted by Gasteiger charge is -1.98. The molecule has 0 atom stereocenters. The predicted molar refractivity (Wildman–Crippen MR) is 111 cm³/mol. The van der Waals surface area contributed by atoms with Crippen molar-refractivity contribution in [3.05, 3.63) is 88.1 Å². The van der Waals surface area contributed by atoms with Crippen molar-refractivity contribution in [2.45, 2.75) is 13.3 Å². The molecule has 4 aromatic rings. The van der Waals surface area contributed by atoms with Crippen LogP contribution >= 0.6 is 11.3 Å². The van der Waals surface area contributed by atoms with Gasteiger partial charge in [-0.2, -0.15) is 5.26 Å². The number of carbonyl (C=O) groups is 1. The molecule has 2 aromatic carbocycles. The van der Waals surface area contributed by atoms with E-state index in [2.05, 4.69) is 21.5 Å². The maximum atomic E-state index is 12.4. The molecule has 29 heavy (non-hydrogen) atoms. The molecular weight excluding hydrogens is 384 g/mol. The summed E-state index contributed by atoms with van der Waals surface area (Å²) >= 11 is 1.40. The maximum Gasteiger partial charge on any atom is 0.296 e. The second kappa shape index (κ2) is 8.09. The van der Waals surface area contributed by atoms with Crippen molar-refractivity contribution in [1.82, 2.24) is 10.1 Å². The molecule has 0 aliphatic rings. The van der Waals surface area contributed by atoms with Gasteiger partial charge in [0.2, 0.25) is 5.76 Å². The van der Waals surface area contributed by atoms with E-state index in [0.29, 0.717) is 22.8 Å². The molecule has 0 radical (unpaired) electrons. The molecule has 4 rings (SSSR count). The van der Waals surface area contributed by atoms with Gasteiger partial charge in [-0.1, -0.05) is 47.1 Å². The van der Waals surface area contributed by atoms with E-state index in [0.717, 1.165) is 21.6 Å². The Morgan fingerprint density at radius 3 is 2.66 bits per heavy atom. The third-order valence-electron chi connectivity index (χ3n) is 4.32. The van der Waals surface area contributed by atoms with Crippen LogP contribution < -0.4 is 5.32 Å². The highest BCUT2D eigenvalue weighted by Gasteiger charge is 2.16. The molecule has 0 saturated heterocycles. The number of nitrogens with zero attached hydrogens (tertiary/aromatic N) is 3. The SMILES string of the molecule is Cc1ccc(-c2cc(C(=O)Nc3ncc(Cc4ccc(C#N)cc4)s3)on2)cc1. The molecule has 6 nitrogen and oxygen atoms in total. The molecule has 0 unspecified atom stereocenters. The van der Waals surface area contributed by atoms with E-state index in [-0.39, 0.29) is 5.76 Å². The lowest BCUT2D eigenvalue weighted by Crippen LogP contribution is -2.10. The molecule has 0 aliphatic carbocycles. The molecule has 2 aromatic heterocycles. The number of anilines is 1. The lowest BCUT2D eigenvalue weighted by atomic mass is 10.1. The number of benzene rings is 2. The zero-order valence-electron chi connectivity index (χ0n) is 15.5. The average Bonchev–Trinajstić information content (AvgIpc) is 3.39. The van der Waals surface area contributed by atoms with E-state index in [1.165, 1.54) is 11.3 Å². The van der Waals surface area contributed by atoms with Crippen molar-refractivity contribution in [1.29, 1.82) is 5.26 Å². The Kier molecular flexibility index (Phi) is 5.18. The maximum absolute atomic E-state index is 12.4. The van der Waals surface area contributed by atoms with Crippen LogP contribution in [0.1, 0.15) is 32.1 Å². The number of aromatic nitrogens is 2. The summed E-state index contributed by atoms with van der Waals surface area (Å²) in [6.07, 6.45) is 2.41. The molecule has 1 amide bonds. The van der Waals surface area contributed by atoms with E-state index in [9.17, 15) is 4.79 Å². The number of thiazole rings is 1. The summed E-state index contributed by atoms with van der Waals surface area (Å²) in [5.74, 6) is -0.264. The minimum atomic E-state index is -0.393. The second-order valence-corrected chi connectivity index (χ2v) is 7.63.